The molecule has 3 aromatic rings. The Balaban J connectivity index is 1.28. The first-order valence-electron chi connectivity index (χ1n) is 11.9. The van der Waals surface area contributed by atoms with Crippen LogP contribution in [0.4, 0.5) is 18.9 Å². The maximum Gasteiger partial charge on any atom is 0.416 e. The largest absolute Gasteiger partial charge is 0.482 e. The van der Waals surface area contributed by atoms with Crippen LogP contribution in [0.1, 0.15) is 29.5 Å². The van der Waals surface area contributed by atoms with Crippen LogP contribution in [0.2, 0.25) is 5.02 Å². The van der Waals surface area contributed by atoms with E-state index in [1.54, 1.807) is 18.2 Å². The fraction of sp³-hybridized carbons (Fsp3) is 0.286. The molecule has 0 aromatic heterocycles. The third-order valence-corrected chi connectivity index (χ3v) is 7.07. The lowest BCUT2D eigenvalue weighted by Gasteiger charge is -2.34. The number of anilines is 1. The van der Waals surface area contributed by atoms with E-state index in [1.807, 2.05) is 6.07 Å². The van der Waals surface area contributed by atoms with Crippen molar-refractivity contribution < 1.29 is 22.7 Å². The number of likely N-dealkylation sites (tertiary alicyclic amines) is 1. The molecule has 4 rings (SSSR count). The molecular weight excluding hydrogens is 521 g/mol. The molecule has 1 aliphatic rings. The highest BCUT2D eigenvalue weighted by Crippen LogP contribution is 2.31. The molecule has 4 nitrogen and oxygen atoms in total. The van der Waals surface area contributed by atoms with Crippen LogP contribution in [-0.2, 0) is 17.4 Å². The van der Waals surface area contributed by atoms with E-state index in [0.717, 1.165) is 50.0 Å². The van der Waals surface area contributed by atoms with Crippen LogP contribution in [0.3, 0.4) is 0 Å². The summed E-state index contributed by atoms with van der Waals surface area (Å²) in [7, 11) is 0. The molecule has 0 bridgehead atoms. The fourth-order valence-electron chi connectivity index (χ4n) is 4.33. The lowest BCUT2D eigenvalue weighted by Crippen LogP contribution is -2.38. The van der Waals surface area contributed by atoms with Gasteiger partial charge in [-0.25, -0.2) is 0 Å². The number of thiocarbonyl (C=S) groups is 1. The predicted octanol–water partition coefficient (Wildman–Crippen LogP) is 7.01. The van der Waals surface area contributed by atoms with E-state index in [9.17, 15) is 18.0 Å². The molecule has 0 aliphatic carbocycles. The Bertz CT molecular complexity index is 1250. The van der Waals surface area contributed by atoms with Gasteiger partial charge in [0.1, 0.15) is 10.7 Å². The zero-order chi connectivity index (χ0) is 26.4. The summed E-state index contributed by atoms with van der Waals surface area (Å²) in [4.78, 5) is 15.1. The van der Waals surface area contributed by atoms with Crippen LogP contribution in [0.5, 0.6) is 5.75 Å². The zero-order valence-electron chi connectivity index (χ0n) is 19.9. The third-order valence-electron chi connectivity index (χ3n) is 6.28. The average molecular weight is 547 g/mol. The second-order valence-electron chi connectivity index (χ2n) is 8.99. The van der Waals surface area contributed by atoms with Gasteiger partial charge in [-0.05, 0) is 67.1 Å². The van der Waals surface area contributed by atoms with E-state index < -0.39 is 24.3 Å². The van der Waals surface area contributed by atoms with Crippen molar-refractivity contribution in [3.63, 3.8) is 0 Å². The number of hydrogen-bond acceptors (Lipinski definition) is 3. The van der Waals surface area contributed by atoms with E-state index in [4.69, 9.17) is 28.6 Å². The molecule has 1 aliphatic heterocycles. The molecule has 1 heterocycles. The second-order valence-corrected chi connectivity index (χ2v) is 9.78. The van der Waals surface area contributed by atoms with Crippen molar-refractivity contribution >= 4 is 40.4 Å². The number of rotatable bonds is 7. The molecule has 1 fully saturated rings. The molecule has 0 unspecified atom stereocenters. The van der Waals surface area contributed by atoms with Crippen LogP contribution < -0.4 is 10.1 Å². The Morgan fingerprint density at radius 1 is 1.03 bits per heavy atom. The summed E-state index contributed by atoms with van der Waals surface area (Å²) in [5, 5.41) is 2.70. The van der Waals surface area contributed by atoms with Gasteiger partial charge in [-0.3, -0.25) is 4.79 Å². The number of piperidine rings is 1. The Kier molecular flexibility index (Phi) is 8.71. The fourth-order valence-corrected chi connectivity index (χ4v) is 4.88. The van der Waals surface area contributed by atoms with Crippen LogP contribution in [0, 0.1) is 5.92 Å². The summed E-state index contributed by atoms with van der Waals surface area (Å²) < 4.78 is 44.1. The number of alkyl halides is 3. The van der Waals surface area contributed by atoms with Gasteiger partial charge >= 0.3 is 6.18 Å². The lowest BCUT2D eigenvalue weighted by atomic mass is 9.90. The smallest absolute Gasteiger partial charge is 0.416 e. The van der Waals surface area contributed by atoms with Crippen molar-refractivity contribution in [1.29, 1.82) is 0 Å². The highest BCUT2D eigenvalue weighted by molar-refractivity contribution is 7.80. The van der Waals surface area contributed by atoms with Gasteiger partial charge in [0.25, 0.3) is 5.91 Å². The molecular formula is C28H26ClF3N2O2S. The van der Waals surface area contributed by atoms with Gasteiger partial charge < -0.3 is 15.0 Å². The summed E-state index contributed by atoms with van der Waals surface area (Å²) in [6.45, 7) is 1.35. The average Bonchev–Trinajstić information content (AvgIpc) is 2.88. The van der Waals surface area contributed by atoms with E-state index in [-0.39, 0.29) is 11.4 Å². The maximum atomic E-state index is 12.9. The van der Waals surface area contributed by atoms with E-state index in [2.05, 4.69) is 34.5 Å². The molecule has 0 saturated carbocycles. The number of carbonyl (C=O) groups excluding carboxylic acids is 1. The van der Waals surface area contributed by atoms with Crippen molar-refractivity contribution in [3.8, 4) is 5.75 Å². The molecule has 0 radical (unpaired) electrons. The van der Waals surface area contributed by atoms with Crippen molar-refractivity contribution in [3.05, 3.63) is 94.5 Å². The summed E-state index contributed by atoms with van der Waals surface area (Å²) in [5.41, 5.74) is 1.33. The zero-order valence-corrected chi connectivity index (χ0v) is 21.5. The van der Waals surface area contributed by atoms with Crippen molar-refractivity contribution in [2.75, 3.05) is 25.0 Å². The predicted molar refractivity (Wildman–Crippen MR) is 143 cm³/mol. The number of carbonyl (C=O) groups is 1. The Hall–Kier alpha value is -3.10. The molecule has 0 atom stereocenters. The van der Waals surface area contributed by atoms with Crippen LogP contribution in [0.15, 0.2) is 72.8 Å². The van der Waals surface area contributed by atoms with Crippen LogP contribution in [0.25, 0.3) is 0 Å². The van der Waals surface area contributed by atoms with Crippen LogP contribution >= 0.6 is 23.8 Å². The van der Waals surface area contributed by atoms with Crippen molar-refractivity contribution in [2.45, 2.75) is 25.4 Å². The number of benzene rings is 3. The second kappa shape index (κ2) is 12.0. The molecule has 9 heteroatoms. The Labute approximate surface area is 224 Å². The Morgan fingerprint density at radius 2 is 1.76 bits per heavy atom. The minimum atomic E-state index is -4.49. The highest BCUT2D eigenvalue weighted by Gasteiger charge is 2.30. The molecule has 0 spiro atoms. The summed E-state index contributed by atoms with van der Waals surface area (Å²) in [5.74, 6) is 0.310. The quantitative estimate of drug-likeness (QED) is 0.324. The molecule has 1 N–H and O–H groups in total. The normalized spacial score (nSPS) is 14.3. The highest BCUT2D eigenvalue weighted by atomic mass is 35.5. The van der Waals surface area contributed by atoms with Gasteiger partial charge in [0.2, 0.25) is 0 Å². The molecule has 1 saturated heterocycles. The first-order valence-corrected chi connectivity index (χ1v) is 12.7. The molecule has 37 heavy (non-hydrogen) atoms. The first-order chi connectivity index (χ1) is 17.7. The van der Waals surface area contributed by atoms with Gasteiger partial charge in [-0.15, -0.1) is 0 Å². The van der Waals surface area contributed by atoms with Crippen molar-refractivity contribution in [2.24, 2.45) is 5.92 Å². The maximum absolute atomic E-state index is 12.9. The van der Waals surface area contributed by atoms with Crippen LogP contribution in [-0.4, -0.2) is 35.5 Å². The van der Waals surface area contributed by atoms with E-state index in [1.165, 1.54) is 17.7 Å². The minimum absolute atomic E-state index is 0.0303. The van der Waals surface area contributed by atoms with Gasteiger partial charge in [0.15, 0.2) is 6.61 Å². The number of nitrogens with one attached hydrogen (secondary N) is 1. The molecule has 194 valence electrons. The van der Waals surface area contributed by atoms with Gasteiger partial charge in [-0.1, -0.05) is 60.2 Å². The topological polar surface area (TPSA) is 41.6 Å². The summed E-state index contributed by atoms with van der Waals surface area (Å²) in [6, 6.07) is 20.0. The number of nitrogens with zero attached hydrogens (tertiary/aromatic N) is 1. The molecule has 3 aromatic carbocycles. The van der Waals surface area contributed by atoms with Crippen molar-refractivity contribution in [1.82, 2.24) is 4.90 Å². The summed E-state index contributed by atoms with van der Waals surface area (Å²) >= 11 is 12.1. The van der Waals surface area contributed by atoms with Gasteiger partial charge in [0.05, 0.1) is 10.6 Å². The number of ether oxygens (including phenoxy) is 1. The summed E-state index contributed by atoms with van der Waals surface area (Å²) in [6.07, 6.45) is -1.30. The number of hydrogen-bond donors (Lipinski definition) is 1. The van der Waals surface area contributed by atoms with Gasteiger partial charge in [0, 0.05) is 24.3 Å². The molecule has 1 amide bonds. The van der Waals surface area contributed by atoms with Gasteiger partial charge in [-0.2, -0.15) is 13.2 Å². The monoisotopic (exact) mass is 546 g/mol. The third kappa shape index (κ3) is 7.46. The Morgan fingerprint density at radius 3 is 2.43 bits per heavy atom. The SMILES string of the molecule is O=C(COc1ccc(C(=S)N2CCC(Cc3ccccc3)CC2)cc1Cl)Nc1cccc(C(F)(F)F)c1. The van der Waals surface area contributed by atoms with E-state index >= 15 is 0 Å². The number of halogens is 4. The lowest BCUT2D eigenvalue weighted by molar-refractivity contribution is -0.137. The standard InChI is InChI=1S/C28H26ClF3N2O2S/c29-24-16-21(27(37)34-13-11-20(12-14-34)15-19-5-2-1-3-6-19)9-10-25(24)36-18-26(35)33-23-8-4-7-22(17-23)28(30,31)32/h1-10,16-17,20H,11-15,18H2,(H,33,35). The minimum Gasteiger partial charge on any atom is -0.482 e. The first kappa shape index (κ1) is 26.9. The van der Waals surface area contributed by atoms with E-state index in [0.29, 0.717) is 15.9 Å². The number of amides is 1.